The van der Waals surface area contributed by atoms with Crippen LogP contribution in [0, 0.1) is 20.8 Å². The molecular weight excluding hydrogens is 438 g/mol. The van der Waals surface area contributed by atoms with Crippen LogP contribution in [0.25, 0.3) is 11.0 Å². The Kier molecular flexibility index (Phi) is 4.67. The number of aromatic nitrogens is 2. The van der Waals surface area contributed by atoms with Crippen molar-refractivity contribution in [2.45, 2.75) is 83.3 Å². The molecule has 8 heteroatoms. The molecule has 3 fully saturated rings. The monoisotopic (exact) mass is 467 g/mol. The summed E-state index contributed by atoms with van der Waals surface area (Å²) in [6, 6.07) is 3.81. The van der Waals surface area contributed by atoms with Crippen LogP contribution < -0.4 is 5.43 Å². The van der Waals surface area contributed by atoms with Crippen LogP contribution in [0.1, 0.15) is 81.1 Å². The third-order valence-electron chi connectivity index (χ3n) is 6.99. The minimum Gasteiger partial charge on any atom is -0.459 e. The van der Waals surface area contributed by atoms with E-state index in [2.05, 4.69) is 14.5 Å². The van der Waals surface area contributed by atoms with Gasteiger partial charge in [-0.15, -0.1) is 0 Å². The third-order valence-corrected chi connectivity index (χ3v) is 8.48. The van der Waals surface area contributed by atoms with Gasteiger partial charge < -0.3 is 8.94 Å². The topological polar surface area (TPSA) is 98.6 Å². The van der Waals surface area contributed by atoms with Gasteiger partial charge in [-0.1, -0.05) is 5.16 Å². The number of hydrogen-bond donors (Lipinski definition) is 0. The summed E-state index contributed by atoms with van der Waals surface area (Å²) >= 11 is 0. The van der Waals surface area contributed by atoms with Crippen molar-refractivity contribution in [1.82, 2.24) is 10.1 Å². The fraction of sp³-hybridized carbons (Fsp3) is 0.520. The maximum absolute atomic E-state index is 13.4. The predicted molar refractivity (Wildman–Crippen MR) is 128 cm³/mol. The van der Waals surface area contributed by atoms with E-state index in [1.54, 1.807) is 0 Å². The first-order chi connectivity index (χ1) is 15.4. The maximum atomic E-state index is 13.4. The molecule has 1 aromatic carbocycles. The lowest BCUT2D eigenvalue weighted by molar-refractivity contribution is -0.102. The average Bonchev–Trinajstić information content (AvgIpc) is 3.08. The highest BCUT2D eigenvalue weighted by atomic mass is 32.2. The summed E-state index contributed by atoms with van der Waals surface area (Å²) in [6.45, 7) is 13.1. The van der Waals surface area contributed by atoms with Crippen LogP contribution >= 0.6 is 0 Å². The van der Waals surface area contributed by atoms with E-state index in [0.717, 1.165) is 36.1 Å². The van der Waals surface area contributed by atoms with Crippen LogP contribution in [-0.4, -0.2) is 24.8 Å². The Morgan fingerprint density at radius 3 is 2.36 bits per heavy atom. The standard InChI is InChI=1S/C25H29N3O4S/c1-13-8-17(15(3)28-33(30)23(5,6)7)20-18(9-13)19(29)14(2)21(31-20)24-10-25(11-24,12-24)22-26-16(4)27-32-22/h8-9H,10-12H2,1-7H3/b28-15+/t24?,25?,33-/m1/s1. The van der Waals surface area contributed by atoms with Crippen LogP contribution in [-0.2, 0) is 21.8 Å². The van der Waals surface area contributed by atoms with Crippen molar-refractivity contribution in [1.29, 1.82) is 0 Å². The predicted octanol–water partition coefficient (Wildman–Crippen LogP) is 4.75. The lowest BCUT2D eigenvalue weighted by Crippen LogP contribution is -2.67. The normalized spacial score (nSPS) is 25.6. The van der Waals surface area contributed by atoms with E-state index in [4.69, 9.17) is 8.94 Å². The fourth-order valence-electron chi connectivity index (χ4n) is 5.39. The quantitative estimate of drug-likeness (QED) is 0.514. The average molecular weight is 468 g/mol. The molecule has 3 aromatic rings. The first-order valence-electron chi connectivity index (χ1n) is 11.2. The van der Waals surface area contributed by atoms with Crippen molar-refractivity contribution in [2.24, 2.45) is 4.40 Å². The van der Waals surface area contributed by atoms with Gasteiger partial charge in [-0.05, 0) is 85.4 Å². The summed E-state index contributed by atoms with van der Waals surface area (Å²) in [7, 11) is -1.41. The molecule has 1 atom stereocenters. The molecule has 2 bridgehead atoms. The summed E-state index contributed by atoms with van der Waals surface area (Å²) in [5.41, 5.74) is 3.13. The van der Waals surface area contributed by atoms with Crippen LogP contribution in [0.15, 0.2) is 30.3 Å². The highest BCUT2D eigenvalue weighted by molar-refractivity contribution is 7.85. The Hall–Kier alpha value is -2.61. The minimum atomic E-state index is -1.41. The number of benzene rings is 1. The Bertz CT molecular complexity index is 1400. The molecule has 2 heterocycles. The van der Waals surface area contributed by atoms with Gasteiger partial charge in [-0.3, -0.25) is 4.79 Å². The van der Waals surface area contributed by atoms with Gasteiger partial charge in [0.15, 0.2) is 11.3 Å². The van der Waals surface area contributed by atoms with Gasteiger partial charge in [0, 0.05) is 16.5 Å². The van der Waals surface area contributed by atoms with E-state index in [-0.39, 0.29) is 16.3 Å². The Morgan fingerprint density at radius 1 is 1.12 bits per heavy atom. The third kappa shape index (κ3) is 3.25. The van der Waals surface area contributed by atoms with E-state index >= 15 is 0 Å². The summed E-state index contributed by atoms with van der Waals surface area (Å²) in [4.78, 5) is 17.9. The molecule has 0 spiro atoms. The molecule has 3 aliphatic rings. The van der Waals surface area contributed by atoms with Crippen LogP contribution in [0.3, 0.4) is 0 Å². The van der Waals surface area contributed by atoms with E-state index in [1.807, 2.05) is 60.6 Å². The second-order valence-electron chi connectivity index (χ2n) is 10.9. The second kappa shape index (κ2) is 6.95. The molecular formula is C25H29N3O4S. The zero-order chi connectivity index (χ0) is 23.9. The maximum Gasteiger partial charge on any atom is 0.232 e. The molecule has 0 unspecified atom stereocenters. The van der Waals surface area contributed by atoms with Gasteiger partial charge in [-0.2, -0.15) is 9.38 Å². The van der Waals surface area contributed by atoms with Crippen LogP contribution in [0.4, 0.5) is 0 Å². The van der Waals surface area contributed by atoms with Gasteiger partial charge in [-0.25, -0.2) is 4.21 Å². The van der Waals surface area contributed by atoms with Crippen molar-refractivity contribution in [3.63, 3.8) is 0 Å². The zero-order valence-electron chi connectivity index (χ0n) is 20.2. The molecule has 0 N–H and O–H groups in total. The van der Waals surface area contributed by atoms with Crippen LogP contribution in [0.5, 0.6) is 0 Å². The smallest absolute Gasteiger partial charge is 0.232 e. The molecule has 3 aliphatic carbocycles. The molecule has 0 radical (unpaired) electrons. The highest BCUT2D eigenvalue weighted by Gasteiger charge is 2.73. The van der Waals surface area contributed by atoms with E-state index in [0.29, 0.717) is 34.0 Å². The second-order valence-corrected chi connectivity index (χ2v) is 12.8. The summed E-state index contributed by atoms with van der Waals surface area (Å²) < 4.78 is 28.6. The summed E-state index contributed by atoms with van der Waals surface area (Å²) in [6.07, 6.45) is 2.50. The number of hydrogen-bond acceptors (Lipinski definition) is 6. The molecule has 33 heavy (non-hydrogen) atoms. The lowest BCUT2D eigenvalue weighted by atomic mass is 9.34. The van der Waals surface area contributed by atoms with Crippen molar-refractivity contribution >= 4 is 27.7 Å². The first-order valence-corrected chi connectivity index (χ1v) is 12.3. The summed E-state index contributed by atoms with van der Waals surface area (Å²) in [5, 5.41) is 4.48. The minimum absolute atomic E-state index is 0.0200. The van der Waals surface area contributed by atoms with Gasteiger partial charge in [0.05, 0.1) is 21.3 Å². The number of nitrogens with zero attached hydrogens (tertiary/aromatic N) is 3. The Morgan fingerprint density at radius 2 is 1.79 bits per heavy atom. The van der Waals surface area contributed by atoms with Gasteiger partial charge in [0.2, 0.25) is 5.89 Å². The number of rotatable bonds is 4. The molecule has 3 saturated carbocycles. The molecule has 174 valence electrons. The molecule has 0 aliphatic heterocycles. The highest BCUT2D eigenvalue weighted by Crippen LogP contribution is 2.73. The Balaban J connectivity index is 1.61. The van der Waals surface area contributed by atoms with E-state index < -0.39 is 15.7 Å². The van der Waals surface area contributed by atoms with Crippen molar-refractivity contribution in [3.8, 4) is 0 Å². The van der Waals surface area contributed by atoms with E-state index in [9.17, 15) is 9.00 Å². The van der Waals surface area contributed by atoms with Crippen molar-refractivity contribution < 1.29 is 13.1 Å². The largest absolute Gasteiger partial charge is 0.459 e. The Labute approximate surface area is 195 Å². The SMILES string of the molecule is C/C(=N\[S@](=O)C(C)(C)C)c1cc(C)cc2c(=O)c(C)c(C34CC(c5nc(C)no5)(C3)C4)oc12. The van der Waals surface area contributed by atoms with Crippen LogP contribution in [0.2, 0.25) is 0 Å². The van der Waals surface area contributed by atoms with Gasteiger partial charge in [0.25, 0.3) is 0 Å². The summed E-state index contributed by atoms with van der Waals surface area (Å²) in [5.74, 6) is 2.07. The number of fused-ring (bicyclic) bond motifs is 1. The zero-order valence-corrected chi connectivity index (χ0v) is 21.0. The molecule has 6 rings (SSSR count). The lowest BCUT2D eigenvalue weighted by Gasteiger charge is -2.67. The molecule has 2 aromatic heterocycles. The van der Waals surface area contributed by atoms with Gasteiger partial charge in [0.1, 0.15) is 22.3 Å². The molecule has 7 nitrogen and oxygen atoms in total. The fourth-order valence-corrected chi connectivity index (χ4v) is 6.01. The van der Waals surface area contributed by atoms with Crippen molar-refractivity contribution in [2.75, 3.05) is 0 Å². The number of aryl methyl sites for hydroxylation is 2. The molecule has 0 saturated heterocycles. The van der Waals surface area contributed by atoms with E-state index in [1.165, 1.54) is 0 Å². The first kappa shape index (κ1) is 22.2. The van der Waals surface area contributed by atoms with Crippen molar-refractivity contribution in [3.05, 3.63) is 56.5 Å². The van der Waals surface area contributed by atoms with Gasteiger partial charge >= 0.3 is 0 Å². The molecule has 0 amide bonds.